The Bertz CT molecular complexity index is 827. The minimum Gasteiger partial charge on any atom is -0.480 e. The van der Waals surface area contributed by atoms with Crippen LogP contribution in [0, 0.1) is 0 Å². The maximum atomic E-state index is 12.1. The molecule has 1 aromatic carbocycles. The van der Waals surface area contributed by atoms with E-state index in [0.29, 0.717) is 17.1 Å². The van der Waals surface area contributed by atoms with Crippen molar-refractivity contribution in [2.45, 2.75) is 25.3 Å². The fraction of sp³-hybridized carbons (Fsp3) is 0.294. The molecule has 1 heterocycles. The number of carbonyl (C=O) groups excluding carboxylic acids is 2. The molecule has 0 radical (unpaired) electrons. The molecule has 0 fully saturated rings. The van der Waals surface area contributed by atoms with Crippen LogP contribution in [0.3, 0.4) is 0 Å². The van der Waals surface area contributed by atoms with E-state index >= 15 is 0 Å². The zero-order valence-corrected chi connectivity index (χ0v) is 15.8. The van der Waals surface area contributed by atoms with Crippen LogP contribution < -0.4 is 16.4 Å². The Morgan fingerprint density at radius 3 is 2.78 bits per heavy atom. The summed E-state index contributed by atoms with van der Waals surface area (Å²) in [5.74, 6) is -1.58. The number of carbonyl (C=O) groups is 3. The number of aliphatic carboxylic acids is 1. The molecule has 1 aromatic heterocycles. The van der Waals surface area contributed by atoms with Crippen LogP contribution in [-0.2, 0) is 16.0 Å². The number of primary amides is 1. The second-order valence-electron chi connectivity index (χ2n) is 5.72. The highest BCUT2D eigenvalue weighted by Gasteiger charge is 2.20. The van der Waals surface area contributed by atoms with Gasteiger partial charge in [-0.25, -0.2) is 14.6 Å². The lowest BCUT2D eigenvalue weighted by Crippen LogP contribution is -2.42. The van der Waals surface area contributed by atoms with Crippen molar-refractivity contribution in [1.82, 2.24) is 15.6 Å². The van der Waals surface area contributed by atoms with E-state index in [1.165, 1.54) is 11.3 Å². The lowest BCUT2D eigenvalue weighted by atomic mass is 10.1. The van der Waals surface area contributed by atoms with Crippen molar-refractivity contribution in [1.29, 1.82) is 0 Å². The second kappa shape index (κ2) is 9.89. The average Bonchev–Trinajstić information content (AvgIpc) is 3.05. The van der Waals surface area contributed by atoms with Gasteiger partial charge in [-0.2, -0.15) is 0 Å². The van der Waals surface area contributed by atoms with Crippen LogP contribution in [0.2, 0.25) is 5.02 Å². The number of carboxylic acid groups (broad SMARTS) is 1. The molecule has 0 spiro atoms. The molecule has 0 aliphatic carbocycles. The maximum Gasteiger partial charge on any atom is 0.326 e. The van der Waals surface area contributed by atoms with Gasteiger partial charge in [0.2, 0.25) is 5.91 Å². The summed E-state index contributed by atoms with van der Waals surface area (Å²) in [6.45, 7) is 0.240. The highest BCUT2D eigenvalue weighted by Crippen LogP contribution is 2.26. The second-order valence-corrected chi connectivity index (χ2v) is 7.02. The molecule has 0 bridgehead atoms. The van der Waals surface area contributed by atoms with E-state index in [1.807, 2.05) is 12.1 Å². The van der Waals surface area contributed by atoms with Crippen molar-refractivity contribution in [3.8, 4) is 10.6 Å². The van der Waals surface area contributed by atoms with Gasteiger partial charge in [-0.15, -0.1) is 11.3 Å². The quantitative estimate of drug-likeness (QED) is 0.469. The van der Waals surface area contributed by atoms with Crippen LogP contribution in [0.25, 0.3) is 10.6 Å². The minimum absolute atomic E-state index is 0.0274. The van der Waals surface area contributed by atoms with Gasteiger partial charge < -0.3 is 21.5 Å². The van der Waals surface area contributed by atoms with E-state index in [0.717, 1.165) is 10.6 Å². The molecular weight excluding hydrogens is 392 g/mol. The third kappa shape index (κ3) is 6.87. The topological polar surface area (TPSA) is 134 Å². The zero-order valence-electron chi connectivity index (χ0n) is 14.3. The first-order valence-electron chi connectivity index (χ1n) is 8.11. The summed E-state index contributed by atoms with van der Waals surface area (Å²) < 4.78 is 0. The Kier molecular flexibility index (Phi) is 7.56. The van der Waals surface area contributed by atoms with Gasteiger partial charge >= 0.3 is 12.0 Å². The monoisotopic (exact) mass is 410 g/mol. The molecule has 1 atom stereocenters. The number of carboxylic acids is 1. The first kappa shape index (κ1) is 20.7. The molecular formula is C17H19ClN4O4S. The van der Waals surface area contributed by atoms with Gasteiger partial charge in [0.15, 0.2) is 0 Å². The van der Waals surface area contributed by atoms with Crippen LogP contribution in [0.1, 0.15) is 18.5 Å². The number of nitrogens with one attached hydrogen (secondary N) is 2. The number of thiazole rings is 1. The molecule has 5 N–H and O–H groups in total. The first-order chi connectivity index (χ1) is 12.8. The highest BCUT2D eigenvalue weighted by atomic mass is 35.5. The van der Waals surface area contributed by atoms with E-state index in [9.17, 15) is 19.5 Å². The number of rotatable bonds is 9. The number of hydrogen-bond donors (Lipinski definition) is 4. The molecule has 0 aliphatic rings. The summed E-state index contributed by atoms with van der Waals surface area (Å²) in [4.78, 5) is 38.4. The number of benzene rings is 1. The summed E-state index contributed by atoms with van der Waals surface area (Å²) in [6.07, 6.45) is 0.516. The first-order valence-corrected chi connectivity index (χ1v) is 9.36. The SMILES string of the molecule is NC(=O)NCCC[C@H](NC(=O)Cc1csc(-c2cccc(Cl)c2)n1)C(=O)O. The molecule has 144 valence electrons. The number of hydrogen-bond acceptors (Lipinski definition) is 5. The number of amides is 3. The summed E-state index contributed by atoms with van der Waals surface area (Å²) in [5.41, 5.74) is 6.34. The fourth-order valence-electron chi connectivity index (χ4n) is 2.33. The van der Waals surface area contributed by atoms with Gasteiger partial charge in [-0.05, 0) is 25.0 Å². The minimum atomic E-state index is -1.14. The number of aromatic nitrogens is 1. The Morgan fingerprint density at radius 1 is 1.33 bits per heavy atom. The molecule has 2 rings (SSSR count). The van der Waals surface area contributed by atoms with Gasteiger partial charge in [0.25, 0.3) is 0 Å². The smallest absolute Gasteiger partial charge is 0.326 e. The van der Waals surface area contributed by atoms with Crippen molar-refractivity contribution in [2.24, 2.45) is 5.73 Å². The molecule has 10 heteroatoms. The van der Waals surface area contributed by atoms with E-state index in [-0.39, 0.29) is 19.4 Å². The molecule has 0 aliphatic heterocycles. The van der Waals surface area contributed by atoms with E-state index in [2.05, 4.69) is 15.6 Å². The zero-order chi connectivity index (χ0) is 19.8. The molecule has 0 saturated carbocycles. The summed E-state index contributed by atoms with van der Waals surface area (Å²) in [5, 5.41) is 17.1. The highest BCUT2D eigenvalue weighted by molar-refractivity contribution is 7.13. The number of nitrogens with two attached hydrogens (primary N) is 1. The van der Waals surface area contributed by atoms with Crippen molar-refractivity contribution in [3.63, 3.8) is 0 Å². The third-order valence-corrected chi connectivity index (χ3v) is 4.74. The van der Waals surface area contributed by atoms with Crippen molar-refractivity contribution in [2.75, 3.05) is 6.54 Å². The average molecular weight is 411 g/mol. The Hall–Kier alpha value is -2.65. The molecule has 27 heavy (non-hydrogen) atoms. The summed E-state index contributed by atoms with van der Waals surface area (Å²) in [7, 11) is 0. The van der Waals surface area contributed by atoms with Gasteiger partial charge in [-0.1, -0.05) is 23.7 Å². The lowest BCUT2D eigenvalue weighted by Gasteiger charge is -2.14. The normalized spacial score (nSPS) is 11.6. The maximum absolute atomic E-state index is 12.1. The van der Waals surface area contributed by atoms with Crippen LogP contribution >= 0.6 is 22.9 Å². The number of halogens is 1. The van der Waals surface area contributed by atoms with Gasteiger partial charge in [-0.3, -0.25) is 4.79 Å². The van der Waals surface area contributed by atoms with Crippen molar-refractivity contribution in [3.05, 3.63) is 40.4 Å². The van der Waals surface area contributed by atoms with Crippen LogP contribution in [0.5, 0.6) is 0 Å². The van der Waals surface area contributed by atoms with Gasteiger partial charge in [0.1, 0.15) is 11.0 Å². The standard InChI is InChI=1S/C17H19ClN4O4S/c18-11-4-1-3-10(7-11)15-21-12(9-27-15)8-14(23)22-13(16(24)25)5-2-6-20-17(19)26/h1,3-4,7,9,13H,2,5-6,8H2,(H,22,23)(H,24,25)(H3,19,20,26)/t13-/m0/s1. The number of nitrogens with zero attached hydrogens (tertiary/aromatic N) is 1. The van der Waals surface area contributed by atoms with E-state index < -0.39 is 23.9 Å². The summed E-state index contributed by atoms with van der Waals surface area (Å²) in [6, 6.07) is 5.51. The number of urea groups is 1. The Morgan fingerprint density at radius 2 is 2.11 bits per heavy atom. The largest absolute Gasteiger partial charge is 0.480 e. The van der Waals surface area contributed by atoms with Crippen molar-refractivity contribution < 1.29 is 19.5 Å². The van der Waals surface area contributed by atoms with Crippen LogP contribution in [-0.4, -0.2) is 40.6 Å². The lowest BCUT2D eigenvalue weighted by molar-refractivity contribution is -0.141. The molecule has 3 amide bonds. The van der Waals surface area contributed by atoms with Crippen LogP contribution in [0.15, 0.2) is 29.6 Å². The fourth-order valence-corrected chi connectivity index (χ4v) is 3.33. The van der Waals surface area contributed by atoms with E-state index in [1.54, 1.807) is 17.5 Å². The Labute approximate surface area is 164 Å². The van der Waals surface area contributed by atoms with E-state index in [4.69, 9.17) is 17.3 Å². The van der Waals surface area contributed by atoms with Crippen molar-refractivity contribution >= 4 is 40.8 Å². The van der Waals surface area contributed by atoms with Gasteiger partial charge in [0.05, 0.1) is 12.1 Å². The predicted molar refractivity (Wildman–Crippen MR) is 103 cm³/mol. The predicted octanol–water partition coefficient (Wildman–Crippen LogP) is 2.02. The van der Waals surface area contributed by atoms with Crippen LogP contribution in [0.4, 0.5) is 4.79 Å². The molecule has 0 saturated heterocycles. The van der Waals surface area contributed by atoms with Gasteiger partial charge in [0, 0.05) is 22.5 Å². The molecule has 0 unspecified atom stereocenters. The third-order valence-electron chi connectivity index (χ3n) is 3.57. The molecule has 8 nitrogen and oxygen atoms in total. The summed E-state index contributed by atoms with van der Waals surface area (Å²) >= 11 is 7.35. The Balaban J connectivity index is 1.90. The molecule has 2 aromatic rings.